The normalized spacial score (nSPS) is 16.1. The number of hydrogen-bond acceptors (Lipinski definition) is 9. The maximum atomic E-state index is 12.4. The number of rotatable bonds is 5. The number of nitrogens with one attached hydrogen (secondary N) is 1. The van der Waals surface area contributed by atoms with Crippen LogP contribution in [-0.4, -0.2) is 64.6 Å². The van der Waals surface area contributed by atoms with Gasteiger partial charge in [-0.15, -0.1) is 0 Å². The first-order chi connectivity index (χ1) is 16.7. The van der Waals surface area contributed by atoms with Gasteiger partial charge in [0.15, 0.2) is 0 Å². The Labute approximate surface area is 210 Å². The van der Waals surface area contributed by atoms with Crippen molar-refractivity contribution >= 4 is 45.2 Å². The first kappa shape index (κ1) is 24.7. The molecule has 1 N–H and O–H groups in total. The van der Waals surface area contributed by atoms with E-state index in [2.05, 4.69) is 36.1 Å². The highest BCUT2D eigenvalue weighted by Gasteiger charge is 2.24. The third kappa shape index (κ3) is 6.83. The molecule has 12 heteroatoms. The van der Waals surface area contributed by atoms with Gasteiger partial charge < -0.3 is 23.8 Å². The molecule has 0 radical (unpaired) electrons. The fraction of sp³-hybridized carbons (Fsp3) is 0.391. The molecular formula is C23H26BrN5O6. The van der Waals surface area contributed by atoms with E-state index in [4.69, 9.17) is 18.9 Å². The summed E-state index contributed by atoms with van der Waals surface area (Å²) in [7, 11) is 0. The molecule has 0 saturated carbocycles. The number of halogens is 1. The summed E-state index contributed by atoms with van der Waals surface area (Å²) in [6, 6.07) is 7.32. The van der Waals surface area contributed by atoms with E-state index in [9.17, 15) is 9.59 Å². The number of amides is 1. The Morgan fingerprint density at radius 2 is 2.03 bits per heavy atom. The van der Waals surface area contributed by atoms with Crippen molar-refractivity contribution in [2.24, 2.45) is 0 Å². The lowest BCUT2D eigenvalue weighted by atomic mass is 10.2. The summed E-state index contributed by atoms with van der Waals surface area (Å²) in [5, 5.41) is 2.69. The first-order valence-electron chi connectivity index (χ1n) is 11.0. The predicted octanol–water partition coefficient (Wildman–Crippen LogP) is 4.26. The number of ether oxygens (including phenoxy) is 4. The van der Waals surface area contributed by atoms with Crippen molar-refractivity contribution in [1.82, 2.24) is 14.4 Å². The van der Waals surface area contributed by atoms with Gasteiger partial charge in [0.25, 0.3) is 5.88 Å². The van der Waals surface area contributed by atoms with E-state index in [0.717, 1.165) is 5.69 Å². The fourth-order valence-corrected chi connectivity index (χ4v) is 3.81. The Morgan fingerprint density at radius 3 is 2.77 bits per heavy atom. The average Bonchev–Trinajstić information content (AvgIpc) is 3.26. The second-order valence-corrected chi connectivity index (χ2v) is 9.62. The number of carbonyl (C=O) groups is 2. The number of imidazole rings is 1. The van der Waals surface area contributed by atoms with E-state index in [1.807, 2.05) is 12.1 Å². The van der Waals surface area contributed by atoms with Crippen molar-refractivity contribution in [3.05, 3.63) is 47.5 Å². The Morgan fingerprint density at radius 1 is 1.26 bits per heavy atom. The molecule has 11 nitrogen and oxygen atoms in total. The summed E-state index contributed by atoms with van der Waals surface area (Å²) in [6.45, 7) is 7.17. The van der Waals surface area contributed by atoms with Crippen LogP contribution in [0.15, 0.2) is 47.5 Å². The third-order valence-electron chi connectivity index (χ3n) is 4.90. The summed E-state index contributed by atoms with van der Waals surface area (Å²) in [5.74, 6) is 0.0893. The summed E-state index contributed by atoms with van der Waals surface area (Å²) in [5.41, 5.74) is 1.32. The second kappa shape index (κ2) is 10.5. The quantitative estimate of drug-likeness (QED) is 0.467. The van der Waals surface area contributed by atoms with Crippen LogP contribution in [0.3, 0.4) is 0 Å². The van der Waals surface area contributed by atoms with E-state index in [0.29, 0.717) is 35.6 Å². The molecule has 2 aromatic heterocycles. The number of hydrogen-bond donors (Lipinski definition) is 1. The number of aromatic nitrogens is 3. The van der Waals surface area contributed by atoms with Gasteiger partial charge in [0.05, 0.1) is 6.61 Å². The maximum absolute atomic E-state index is 12.4. The van der Waals surface area contributed by atoms with Crippen LogP contribution in [0, 0.1) is 0 Å². The molecule has 1 aliphatic heterocycles. The molecule has 186 valence electrons. The van der Waals surface area contributed by atoms with Crippen molar-refractivity contribution in [3.63, 3.8) is 0 Å². The van der Waals surface area contributed by atoms with Crippen LogP contribution in [0.4, 0.5) is 21.0 Å². The van der Waals surface area contributed by atoms with Crippen LogP contribution in [-0.2, 0) is 14.2 Å². The number of benzene rings is 1. The van der Waals surface area contributed by atoms with Gasteiger partial charge in [-0.1, -0.05) is 0 Å². The van der Waals surface area contributed by atoms with Crippen LogP contribution in [0.2, 0.25) is 0 Å². The highest BCUT2D eigenvalue weighted by Crippen LogP contribution is 2.22. The number of carbonyl (C=O) groups excluding carboxylic acids is 2. The summed E-state index contributed by atoms with van der Waals surface area (Å²) >= 11 is 3.29. The Hall–Kier alpha value is -3.38. The van der Waals surface area contributed by atoms with E-state index >= 15 is 0 Å². The van der Waals surface area contributed by atoms with E-state index in [1.54, 1.807) is 55.9 Å². The fourth-order valence-electron chi connectivity index (χ4n) is 3.42. The van der Waals surface area contributed by atoms with Gasteiger partial charge in [-0.3, -0.25) is 9.72 Å². The SMILES string of the molecule is CC(C)(C)OC(=O)OCC1CN(c2ccc(NC(=O)Oc3nc(Br)cn4ccnc34)cc2)CCO1. The van der Waals surface area contributed by atoms with E-state index < -0.39 is 17.8 Å². The molecule has 0 bridgehead atoms. The van der Waals surface area contributed by atoms with Crippen LogP contribution in [0.1, 0.15) is 20.8 Å². The first-order valence-corrected chi connectivity index (χ1v) is 11.8. The van der Waals surface area contributed by atoms with Crippen LogP contribution >= 0.6 is 15.9 Å². The lowest BCUT2D eigenvalue weighted by Gasteiger charge is -2.34. The summed E-state index contributed by atoms with van der Waals surface area (Å²) in [6.07, 6.45) is 3.36. The molecule has 1 fully saturated rings. The average molecular weight is 548 g/mol. The monoisotopic (exact) mass is 547 g/mol. The highest BCUT2D eigenvalue weighted by molar-refractivity contribution is 9.10. The van der Waals surface area contributed by atoms with Gasteiger partial charge in [-0.25, -0.2) is 19.6 Å². The van der Waals surface area contributed by atoms with Crippen molar-refractivity contribution in [2.75, 3.05) is 36.5 Å². The Bertz CT molecular complexity index is 1190. The zero-order chi connectivity index (χ0) is 25.0. The smallest absolute Gasteiger partial charge is 0.431 e. The molecule has 0 aliphatic carbocycles. The third-order valence-corrected chi connectivity index (χ3v) is 5.28. The number of anilines is 2. The molecule has 4 rings (SSSR count). The molecule has 1 aromatic carbocycles. The largest absolute Gasteiger partial charge is 0.508 e. The molecule has 1 saturated heterocycles. The van der Waals surface area contributed by atoms with Gasteiger partial charge in [0.2, 0.25) is 5.65 Å². The topological polar surface area (TPSA) is 117 Å². The summed E-state index contributed by atoms with van der Waals surface area (Å²) < 4.78 is 23.6. The van der Waals surface area contributed by atoms with Crippen LogP contribution in [0.5, 0.6) is 5.88 Å². The van der Waals surface area contributed by atoms with Crippen molar-refractivity contribution in [1.29, 1.82) is 0 Å². The lowest BCUT2D eigenvalue weighted by Crippen LogP contribution is -2.45. The molecule has 1 amide bonds. The van der Waals surface area contributed by atoms with Gasteiger partial charge in [-0.05, 0) is 61.0 Å². The zero-order valence-corrected chi connectivity index (χ0v) is 21.1. The predicted molar refractivity (Wildman–Crippen MR) is 131 cm³/mol. The molecule has 1 unspecified atom stereocenters. The van der Waals surface area contributed by atoms with Crippen molar-refractivity contribution in [3.8, 4) is 5.88 Å². The van der Waals surface area contributed by atoms with Gasteiger partial charge >= 0.3 is 12.2 Å². The number of morpholine rings is 1. The van der Waals surface area contributed by atoms with Crippen LogP contribution < -0.4 is 15.0 Å². The standard InChI is InChI=1S/C23H26BrN5O6/c1-23(2,3)35-22(31)33-14-17-12-28(10-11-32-17)16-6-4-15(5-7-16)26-21(30)34-20-19-25-8-9-29(19)13-18(24)27-20/h4-9,13,17H,10-12,14H2,1-3H3,(H,26,30). The molecule has 3 aromatic rings. The van der Waals surface area contributed by atoms with E-state index in [1.165, 1.54) is 0 Å². The van der Waals surface area contributed by atoms with Gasteiger partial charge in [-0.2, -0.15) is 0 Å². The molecule has 0 spiro atoms. The maximum Gasteiger partial charge on any atom is 0.508 e. The highest BCUT2D eigenvalue weighted by atomic mass is 79.9. The lowest BCUT2D eigenvalue weighted by molar-refractivity contribution is -0.0447. The number of fused-ring (bicyclic) bond motifs is 1. The second-order valence-electron chi connectivity index (χ2n) is 8.80. The molecule has 1 atom stereocenters. The van der Waals surface area contributed by atoms with E-state index in [-0.39, 0.29) is 18.6 Å². The molecular weight excluding hydrogens is 522 g/mol. The van der Waals surface area contributed by atoms with Crippen molar-refractivity contribution < 1.29 is 28.5 Å². The molecule has 1 aliphatic rings. The zero-order valence-electron chi connectivity index (χ0n) is 19.6. The van der Waals surface area contributed by atoms with Crippen molar-refractivity contribution in [2.45, 2.75) is 32.5 Å². The summed E-state index contributed by atoms with van der Waals surface area (Å²) in [4.78, 5) is 34.6. The Kier molecular flexibility index (Phi) is 7.41. The molecule has 3 heterocycles. The van der Waals surface area contributed by atoms with Gasteiger partial charge in [0.1, 0.15) is 22.9 Å². The molecule has 35 heavy (non-hydrogen) atoms. The van der Waals surface area contributed by atoms with Crippen LogP contribution in [0.25, 0.3) is 5.65 Å². The minimum atomic E-state index is -0.716. The minimum Gasteiger partial charge on any atom is -0.431 e. The number of nitrogens with zero attached hydrogens (tertiary/aromatic N) is 4. The minimum absolute atomic E-state index is 0.0893. The van der Waals surface area contributed by atoms with Gasteiger partial charge in [0, 0.05) is 43.1 Å². The Balaban J connectivity index is 1.30.